The number of carboxylic acid groups (broad SMARTS) is 2. The van der Waals surface area contributed by atoms with Crippen LogP contribution in [-0.2, 0) is 90.6 Å². The van der Waals surface area contributed by atoms with Crippen LogP contribution in [0, 0.1) is 11.8 Å². The third-order valence-electron chi connectivity index (χ3n) is 11.8. The minimum Gasteiger partial charge on any atom is -0.480 e. The summed E-state index contributed by atoms with van der Waals surface area (Å²) in [5.74, 6) is -6.93. The topological polar surface area (TPSA) is 390 Å². The number of ether oxygens (including phenoxy) is 8. The molecule has 0 fully saturated rings. The average molecular weight is 1180 g/mol. The Labute approximate surface area is 479 Å². The van der Waals surface area contributed by atoms with Crippen LogP contribution in [0.4, 0.5) is 0 Å². The van der Waals surface area contributed by atoms with E-state index < -0.39 is 77.6 Å². The van der Waals surface area contributed by atoms with Gasteiger partial charge in [0.1, 0.15) is 30.2 Å². The Morgan fingerprint density at radius 3 is 1.17 bits per heavy atom. The predicted molar refractivity (Wildman–Crippen MR) is 291 cm³/mol. The number of unbranched alkanes of at least 4 members (excludes halogenated alkanes) is 2. The molecule has 5 atom stereocenters. The molecule has 0 saturated heterocycles. The van der Waals surface area contributed by atoms with Crippen LogP contribution < -0.4 is 37.2 Å². The van der Waals surface area contributed by atoms with Crippen LogP contribution in [0.5, 0.6) is 0 Å². The van der Waals surface area contributed by atoms with Gasteiger partial charge < -0.3 is 85.3 Å². The van der Waals surface area contributed by atoms with Gasteiger partial charge in [0.25, 0.3) is 11.8 Å². The van der Waals surface area contributed by atoms with Crippen LogP contribution in [0.15, 0.2) is 12.2 Å². The molecule has 0 aromatic heterocycles. The first-order valence-electron chi connectivity index (χ1n) is 27.8. The van der Waals surface area contributed by atoms with Crippen LogP contribution in [-0.4, -0.2) is 236 Å². The Bertz CT molecular complexity index is 1980. The second-order valence-corrected chi connectivity index (χ2v) is 19.4. The Morgan fingerprint density at radius 2 is 0.780 bits per heavy atom. The van der Waals surface area contributed by atoms with E-state index in [1.165, 1.54) is 26.0 Å². The quantitative estimate of drug-likeness (QED) is 0.0243. The monoisotopic (exact) mass is 1170 g/mol. The van der Waals surface area contributed by atoms with Crippen molar-refractivity contribution < 1.29 is 101 Å². The minimum atomic E-state index is -1.19. The van der Waals surface area contributed by atoms with Gasteiger partial charge in [-0.05, 0) is 44.9 Å². The summed E-state index contributed by atoms with van der Waals surface area (Å²) in [7, 11) is 0. The van der Waals surface area contributed by atoms with E-state index in [2.05, 4.69) is 37.2 Å². The highest BCUT2D eigenvalue weighted by Crippen LogP contribution is 2.09. The normalized spacial score (nSPS) is 14.0. The molecule has 0 aromatic carbocycles. The molecule has 9 amide bonds. The molecule has 1 aliphatic rings. The third kappa shape index (κ3) is 36.3. The van der Waals surface area contributed by atoms with Crippen molar-refractivity contribution in [2.75, 3.05) is 125 Å². The third-order valence-corrected chi connectivity index (χ3v) is 11.8. The van der Waals surface area contributed by atoms with Gasteiger partial charge in [-0.15, -0.1) is 0 Å². The molecule has 1 heterocycles. The summed E-state index contributed by atoms with van der Waals surface area (Å²) >= 11 is 0. The largest absolute Gasteiger partial charge is 0.480 e. The predicted octanol–water partition coefficient (Wildman–Crippen LogP) is -1.66. The Hall–Kier alpha value is -6.21. The molecule has 0 radical (unpaired) electrons. The first-order chi connectivity index (χ1) is 39.1. The molecule has 0 bridgehead atoms. The number of amides is 9. The SMILES string of the molecule is CC(C)[C@H](NC(=O)CCOCCOCCOCCOCCNC(=O)CC[C@H](NC(=O)CCCCCN1C(=O)C=CC1=O)C(=O)NCCOCCOCCOCCOCCC(=O)N[C@H](C(=O)N[C@@H](C)C(=O)O)C(C)C)C(=O)N[C@@H](C)C(=O)O. The van der Waals surface area contributed by atoms with Crippen molar-refractivity contribution in [2.24, 2.45) is 11.8 Å². The van der Waals surface area contributed by atoms with Crippen molar-refractivity contribution in [3.63, 3.8) is 0 Å². The number of aliphatic carboxylic acids is 2. The number of carbonyl (C=O) groups is 11. The summed E-state index contributed by atoms with van der Waals surface area (Å²) in [6, 6.07) is -5.01. The maximum Gasteiger partial charge on any atom is 0.325 e. The number of hydrogen-bond donors (Lipinski definition) is 9. The van der Waals surface area contributed by atoms with Crippen molar-refractivity contribution in [2.45, 2.75) is 123 Å². The highest BCUT2D eigenvalue weighted by atomic mass is 16.6. The smallest absolute Gasteiger partial charge is 0.325 e. The lowest BCUT2D eigenvalue weighted by Gasteiger charge is -2.23. The number of nitrogens with one attached hydrogen (secondary N) is 7. The van der Waals surface area contributed by atoms with E-state index in [9.17, 15) is 52.7 Å². The van der Waals surface area contributed by atoms with Crippen molar-refractivity contribution >= 4 is 65.1 Å². The van der Waals surface area contributed by atoms with Crippen molar-refractivity contribution in [3.8, 4) is 0 Å². The van der Waals surface area contributed by atoms with Crippen LogP contribution in [0.3, 0.4) is 0 Å². The maximum absolute atomic E-state index is 13.2. The first-order valence-corrected chi connectivity index (χ1v) is 27.8. The van der Waals surface area contributed by atoms with E-state index in [1.807, 2.05) is 0 Å². The van der Waals surface area contributed by atoms with E-state index >= 15 is 0 Å². The van der Waals surface area contributed by atoms with E-state index in [0.29, 0.717) is 19.3 Å². The molecular formula is C53H90N8O21. The lowest BCUT2D eigenvalue weighted by atomic mass is 10.0. The van der Waals surface area contributed by atoms with E-state index in [-0.39, 0.29) is 187 Å². The second kappa shape index (κ2) is 45.3. The lowest BCUT2D eigenvalue weighted by molar-refractivity contribution is -0.142. The van der Waals surface area contributed by atoms with Crippen molar-refractivity contribution in [3.05, 3.63) is 12.2 Å². The van der Waals surface area contributed by atoms with Gasteiger partial charge in [0.05, 0.1) is 106 Å². The van der Waals surface area contributed by atoms with Gasteiger partial charge in [-0.2, -0.15) is 0 Å². The molecular weight excluding hydrogens is 1080 g/mol. The van der Waals surface area contributed by atoms with Crippen LogP contribution in [0.2, 0.25) is 0 Å². The minimum absolute atomic E-state index is 0.00249. The van der Waals surface area contributed by atoms with Gasteiger partial charge in [0.2, 0.25) is 41.4 Å². The molecule has 29 heteroatoms. The summed E-state index contributed by atoms with van der Waals surface area (Å²) in [5.41, 5.74) is 0. The number of rotatable bonds is 51. The summed E-state index contributed by atoms with van der Waals surface area (Å²) < 4.78 is 43.8. The van der Waals surface area contributed by atoms with Crippen molar-refractivity contribution in [1.29, 1.82) is 0 Å². The Morgan fingerprint density at radius 1 is 0.415 bits per heavy atom. The van der Waals surface area contributed by atoms with Gasteiger partial charge in [-0.1, -0.05) is 34.1 Å². The van der Waals surface area contributed by atoms with Gasteiger partial charge in [0.15, 0.2) is 0 Å². The number of nitrogens with zero attached hydrogens (tertiary/aromatic N) is 1. The van der Waals surface area contributed by atoms with E-state index in [0.717, 1.165) is 4.90 Å². The number of carboxylic acids is 2. The Kier molecular flexibility index (Phi) is 40.8. The van der Waals surface area contributed by atoms with Crippen molar-refractivity contribution in [1.82, 2.24) is 42.1 Å². The van der Waals surface area contributed by atoms with E-state index in [4.69, 9.17) is 48.1 Å². The summed E-state index contributed by atoms with van der Waals surface area (Å²) in [6.45, 7) is 13.7. The van der Waals surface area contributed by atoms with Gasteiger partial charge in [-0.25, -0.2) is 0 Å². The number of carbonyl (C=O) groups excluding carboxylic acids is 9. The fraction of sp³-hybridized carbons (Fsp3) is 0.755. The lowest BCUT2D eigenvalue weighted by Crippen LogP contribution is -2.53. The molecule has 9 N–H and O–H groups in total. The molecule has 0 aliphatic carbocycles. The van der Waals surface area contributed by atoms with Gasteiger partial charge in [0, 0.05) is 57.5 Å². The zero-order chi connectivity index (χ0) is 61.1. The summed E-state index contributed by atoms with van der Waals surface area (Å²) in [6.07, 6.45) is 3.92. The molecule has 0 spiro atoms. The maximum atomic E-state index is 13.2. The molecule has 1 aliphatic heterocycles. The zero-order valence-electron chi connectivity index (χ0n) is 48.4. The number of hydrogen-bond acceptors (Lipinski definition) is 19. The number of imide groups is 1. The van der Waals surface area contributed by atoms with Crippen LogP contribution >= 0.6 is 0 Å². The molecule has 82 heavy (non-hydrogen) atoms. The summed E-state index contributed by atoms with van der Waals surface area (Å²) in [4.78, 5) is 135. The highest BCUT2D eigenvalue weighted by molar-refractivity contribution is 6.12. The fourth-order valence-corrected chi connectivity index (χ4v) is 7.06. The Balaban J connectivity index is 2.29. The molecule has 1 rings (SSSR count). The van der Waals surface area contributed by atoms with Gasteiger partial charge in [-0.3, -0.25) is 57.6 Å². The molecule has 0 saturated carbocycles. The standard InChI is InChI=1S/C53H90N8O21/c1-36(2)47(50(69)56-38(5)52(71)72)59-43(64)15-20-75-24-28-79-32-34-81-30-26-77-22-17-54-41(62)12-11-40(58-42(63)10-8-7-9-19-61-45(66)13-14-46(61)67)49(68)55-18-23-78-27-31-82-35-33-80-29-25-76-21-16-44(65)60-48(37(3)4)51(70)57-39(6)53(73)74/h13-14,36-40,47-48H,7-12,15-35H2,1-6H3,(H,54,62)(H,55,68)(H,56,69)(H,57,70)(H,58,63)(H,59,64)(H,60,65)(H,71,72)(H,73,74)/t38-,39-,40-,47-,48-/m0/s1. The molecule has 468 valence electrons. The molecule has 0 aromatic rings. The molecule has 0 unspecified atom stereocenters. The fourth-order valence-electron chi connectivity index (χ4n) is 7.06. The highest BCUT2D eigenvalue weighted by Gasteiger charge is 2.29. The van der Waals surface area contributed by atoms with Gasteiger partial charge >= 0.3 is 11.9 Å². The van der Waals surface area contributed by atoms with Crippen LogP contribution in [0.25, 0.3) is 0 Å². The zero-order valence-corrected chi connectivity index (χ0v) is 48.4. The van der Waals surface area contributed by atoms with E-state index in [1.54, 1.807) is 27.7 Å². The average Bonchev–Trinajstić information content (AvgIpc) is 3.74. The molecule has 29 nitrogen and oxygen atoms in total. The summed E-state index contributed by atoms with van der Waals surface area (Å²) in [5, 5.41) is 36.1. The second-order valence-electron chi connectivity index (χ2n) is 19.4. The van der Waals surface area contributed by atoms with Crippen LogP contribution in [0.1, 0.15) is 92.9 Å². The first kappa shape index (κ1) is 73.8.